The molecular weight excluding hydrogens is 1100 g/mol. The molecule has 4 aliphatic carbocycles. The van der Waals surface area contributed by atoms with Crippen molar-refractivity contribution in [2.75, 3.05) is 91.8 Å². The van der Waals surface area contributed by atoms with Gasteiger partial charge in [0.2, 0.25) is 17.7 Å². The van der Waals surface area contributed by atoms with E-state index in [9.17, 15) is 38.7 Å². The highest BCUT2D eigenvalue weighted by Gasteiger charge is 2.52. The van der Waals surface area contributed by atoms with Crippen LogP contribution in [0.5, 0.6) is 0 Å². The van der Waals surface area contributed by atoms with Gasteiger partial charge in [-0.3, -0.25) is 38.1 Å². The molecule has 2 saturated carbocycles. The topological polar surface area (TPSA) is 233 Å². The summed E-state index contributed by atoms with van der Waals surface area (Å²) in [5, 5.41) is 32.3. The Morgan fingerprint density at radius 1 is 0.605 bits per heavy atom. The molecule has 6 heterocycles. The van der Waals surface area contributed by atoms with Gasteiger partial charge in [0.15, 0.2) is 18.0 Å². The number of aliphatic hydroxyl groups is 1. The molecule has 23 heteroatoms. The van der Waals surface area contributed by atoms with Gasteiger partial charge >= 0.3 is 11.9 Å². The van der Waals surface area contributed by atoms with Gasteiger partial charge in [0.25, 0.3) is 11.8 Å². The number of carboxylic acid groups (broad SMARTS) is 1. The van der Waals surface area contributed by atoms with Crippen LogP contribution in [-0.4, -0.2) is 187 Å². The van der Waals surface area contributed by atoms with E-state index in [0.29, 0.717) is 107 Å². The van der Waals surface area contributed by atoms with Gasteiger partial charge in [-0.25, -0.2) is 4.79 Å². The summed E-state index contributed by atoms with van der Waals surface area (Å²) >= 11 is 12.6. The fourth-order valence-electron chi connectivity index (χ4n) is 13.0. The number of halogens is 3. The van der Waals surface area contributed by atoms with Crippen molar-refractivity contribution in [1.82, 2.24) is 49.4 Å². The minimum atomic E-state index is -0.988. The predicted molar refractivity (Wildman–Crippen MR) is 303 cm³/mol. The molecule has 5 amide bonds. The molecule has 0 bridgehead atoms. The smallest absolute Gasteiger partial charge is 0.356 e. The lowest BCUT2D eigenvalue weighted by molar-refractivity contribution is -0.150. The van der Waals surface area contributed by atoms with Crippen LogP contribution in [0.25, 0.3) is 0 Å². The first-order chi connectivity index (χ1) is 38.5. The van der Waals surface area contributed by atoms with Gasteiger partial charge in [-0.05, 0) is 135 Å². The average Bonchev–Trinajstić information content (AvgIpc) is 4.28. The van der Waals surface area contributed by atoms with Gasteiger partial charge in [-0.1, -0.05) is 47.5 Å². The van der Waals surface area contributed by atoms with Crippen LogP contribution in [0, 0.1) is 25.7 Å². The number of ether oxygens (including phenoxy) is 1. The van der Waals surface area contributed by atoms with Gasteiger partial charge in [0, 0.05) is 118 Å². The number of benzene rings is 2. The molecule has 4 saturated heterocycles. The third-order valence-corrected chi connectivity index (χ3v) is 18.6. The van der Waals surface area contributed by atoms with E-state index in [1.165, 1.54) is 18.1 Å². The summed E-state index contributed by atoms with van der Waals surface area (Å²) in [6.07, 6.45) is 7.51. The van der Waals surface area contributed by atoms with Crippen LogP contribution in [0.15, 0.2) is 36.4 Å². The molecule has 2 aromatic carbocycles. The van der Waals surface area contributed by atoms with Gasteiger partial charge < -0.3 is 44.8 Å². The number of fused-ring (bicyclic) bond motifs is 6. The van der Waals surface area contributed by atoms with E-state index in [4.69, 9.17) is 33.4 Å². The third kappa shape index (κ3) is 13.1. The fraction of sp³-hybridized carbons (Fsp3) is 0.569. The summed E-state index contributed by atoms with van der Waals surface area (Å²) < 4.78 is 8.05. The number of amides is 5. The number of aromatic nitrogens is 4. The van der Waals surface area contributed by atoms with Gasteiger partial charge in [-0.15, -0.1) is 12.4 Å². The number of nitrogens with zero attached hydrogens (tertiary/aromatic N) is 9. The Hall–Kier alpha value is -6.06. The maximum atomic E-state index is 13.5. The summed E-state index contributed by atoms with van der Waals surface area (Å²) in [6, 6.07) is 12.1. The highest BCUT2D eigenvalue weighted by Crippen LogP contribution is 2.58. The molecule has 3 N–H and O–H groups in total. The molecule has 4 aromatic rings. The molecule has 81 heavy (non-hydrogen) atoms. The monoisotopic (exact) mass is 1170 g/mol. The van der Waals surface area contributed by atoms with Crippen molar-refractivity contribution in [3.63, 3.8) is 0 Å². The van der Waals surface area contributed by atoms with Gasteiger partial charge in [-0.2, -0.15) is 10.2 Å². The second-order valence-electron chi connectivity index (χ2n) is 22.6. The summed E-state index contributed by atoms with van der Waals surface area (Å²) in [4.78, 5) is 93.7. The molecule has 0 unspecified atom stereocenters. The minimum absolute atomic E-state index is 0. The van der Waals surface area contributed by atoms with E-state index in [-0.39, 0.29) is 67.3 Å². The number of aromatic carboxylic acids is 1. The molecule has 0 radical (unpaired) electrons. The summed E-state index contributed by atoms with van der Waals surface area (Å²) in [6.45, 7) is 12.5. The zero-order valence-electron chi connectivity index (χ0n) is 46.2. The van der Waals surface area contributed by atoms with E-state index < -0.39 is 18.5 Å². The highest BCUT2D eigenvalue weighted by atomic mass is 35.5. The molecule has 2 aromatic heterocycles. The lowest BCUT2D eigenvalue weighted by Gasteiger charge is -2.34. The Morgan fingerprint density at radius 3 is 1.49 bits per heavy atom. The van der Waals surface area contributed by atoms with Crippen LogP contribution in [0.2, 0.25) is 10.0 Å². The Balaban J connectivity index is 0.000000162. The Morgan fingerprint density at radius 2 is 1.04 bits per heavy atom. The van der Waals surface area contributed by atoms with Crippen molar-refractivity contribution < 1.29 is 48.5 Å². The maximum absolute atomic E-state index is 13.5. The van der Waals surface area contributed by atoms with Crippen LogP contribution in [0.1, 0.15) is 135 Å². The van der Waals surface area contributed by atoms with Gasteiger partial charge in [0.05, 0.1) is 0 Å². The zero-order chi connectivity index (χ0) is 56.5. The molecule has 4 aliphatic heterocycles. The van der Waals surface area contributed by atoms with Crippen LogP contribution in [-0.2, 0) is 54.6 Å². The number of hydrogen-bond donors (Lipinski definition) is 3. The SMILES string of the molecule is CC(=O)OCC(=O)N1CCNCC1.Cc1c(Cl)cccc1C1CCN(C(=O)Cn2nc(C(=O)N3CCN(C(=O)CO)CC3)c3c2C[C@H]2C[C@@H]32)CC1.Cc1c(Cl)cccc1C1CCN(C(=O)Cn2nc(C(=O)O)c3c2C[C@H]2C[C@@H]32)CC1.Cl. The van der Waals surface area contributed by atoms with Crippen LogP contribution in [0.4, 0.5) is 0 Å². The first kappa shape index (κ1) is 59.6. The van der Waals surface area contributed by atoms with Crippen LogP contribution < -0.4 is 5.32 Å². The maximum Gasteiger partial charge on any atom is 0.356 e. The van der Waals surface area contributed by atoms with Crippen molar-refractivity contribution in [2.24, 2.45) is 11.8 Å². The first-order valence-corrected chi connectivity index (χ1v) is 29.0. The largest absolute Gasteiger partial charge is 0.476 e. The van der Waals surface area contributed by atoms with E-state index in [1.807, 2.05) is 34.1 Å². The molecular formula is C58H73Cl3N10O10. The van der Waals surface area contributed by atoms with E-state index in [2.05, 4.69) is 41.1 Å². The third-order valence-electron chi connectivity index (χ3n) is 17.8. The van der Waals surface area contributed by atoms with Crippen molar-refractivity contribution in [3.05, 3.63) is 103 Å². The number of carboxylic acids is 1. The number of likely N-dealkylation sites (tertiary alicyclic amines) is 2. The second-order valence-corrected chi connectivity index (χ2v) is 23.4. The Bertz CT molecular complexity index is 3040. The van der Waals surface area contributed by atoms with Gasteiger partial charge in [0.1, 0.15) is 19.7 Å². The number of aliphatic hydroxyl groups excluding tert-OH is 1. The van der Waals surface area contributed by atoms with Crippen molar-refractivity contribution in [3.8, 4) is 0 Å². The molecule has 8 aliphatic rings. The number of carbonyl (C=O) groups excluding carboxylic acids is 6. The van der Waals surface area contributed by atoms with E-state index in [0.717, 1.165) is 108 Å². The molecule has 6 fully saturated rings. The number of piperidine rings is 2. The molecule has 12 rings (SSSR count). The molecule has 4 atom stereocenters. The summed E-state index contributed by atoms with van der Waals surface area (Å²) in [5.74, 6) is 0.777. The standard InChI is InChI=1S/C28H34ClN5O4.C22H24ClN3O3.C8H14N2O3.ClH/c1-17-20(3-2-4-22(17)29)18-5-7-31(8-6-18)24(36)15-34-23-14-19-13-21(19)26(23)27(30-34)28(38)33-11-9-32(10-12-33)25(37)16-35;1-12-15(3-2-4-17(12)23)13-5-7-25(8-6-13)19(27)11-26-18-10-14-9-16(14)20(18)21(24-26)22(28)29;1-7(11)13-6-8(12)10-4-2-9-3-5-10;/h2-4,18-19,21,35H,5-16H2,1H3;2-4,13-14,16H,5-11H2,1H3,(H,28,29);9H,2-6H2,1H3;1H/t19-,21-;14-,16-;;/m11../s1. The minimum Gasteiger partial charge on any atom is -0.476 e. The zero-order valence-corrected chi connectivity index (χ0v) is 48.6. The normalized spacial score (nSPS) is 21.7. The highest BCUT2D eigenvalue weighted by molar-refractivity contribution is 6.31. The van der Waals surface area contributed by atoms with Crippen molar-refractivity contribution >= 4 is 77.1 Å². The lowest BCUT2D eigenvalue weighted by atomic mass is 9.87. The number of nitrogens with one attached hydrogen (secondary N) is 1. The fourth-order valence-corrected chi connectivity index (χ4v) is 13.4. The quantitative estimate of drug-likeness (QED) is 0.164. The lowest BCUT2D eigenvalue weighted by Crippen LogP contribution is -2.51. The van der Waals surface area contributed by atoms with Crippen LogP contribution >= 0.6 is 35.6 Å². The Labute approximate surface area is 487 Å². The Kier molecular flexibility index (Phi) is 18.8. The summed E-state index contributed by atoms with van der Waals surface area (Å²) in [5.41, 5.74) is 9.36. The number of carbonyl (C=O) groups is 7. The predicted octanol–water partition coefficient (Wildman–Crippen LogP) is 5.20. The van der Waals surface area contributed by atoms with Crippen molar-refractivity contribution in [2.45, 2.75) is 109 Å². The van der Waals surface area contributed by atoms with E-state index >= 15 is 0 Å². The first-order valence-electron chi connectivity index (χ1n) is 28.3. The van der Waals surface area contributed by atoms with E-state index in [1.54, 1.807) is 24.1 Å². The number of esters is 1. The van der Waals surface area contributed by atoms with Crippen LogP contribution in [0.3, 0.4) is 0 Å². The molecule has 0 spiro atoms. The molecule has 436 valence electrons. The number of hydrogen-bond acceptors (Lipinski definition) is 12. The number of piperazine rings is 2. The average molecular weight is 1180 g/mol. The number of rotatable bonds is 11. The summed E-state index contributed by atoms with van der Waals surface area (Å²) in [7, 11) is 0. The van der Waals surface area contributed by atoms with Crippen molar-refractivity contribution in [1.29, 1.82) is 0 Å². The second kappa shape index (κ2) is 25.6. The molecule has 20 nitrogen and oxygen atoms in total.